The fourth-order valence-corrected chi connectivity index (χ4v) is 4.78. The summed E-state index contributed by atoms with van der Waals surface area (Å²) in [6.07, 6.45) is 3.19. The molecule has 172 valence electrons. The summed E-state index contributed by atoms with van der Waals surface area (Å²) < 4.78 is 5.97. The van der Waals surface area contributed by atoms with E-state index in [1.807, 2.05) is 36.0 Å². The Hall–Kier alpha value is -1.94. The van der Waals surface area contributed by atoms with Gasteiger partial charge in [-0.15, -0.1) is 35.7 Å². The summed E-state index contributed by atoms with van der Waals surface area (Å²) in [5.41, 5.74) is 1.13. The van der Waals surface area contributed by atoms with E-state index in [1.165, 1.54) is 17.7 Å². The standard InChI is InChI=1S/C24H30N4O2S.HI/c1-28(2)22(29)16-25-23(27-20-12-15-30-21-11-7-6-10-19(20)21)26-17-24(13-14-24)31-18-8-4-3-5-9-18;/h3-11,20H,12-17H2,1-2H3,(H2,25,26,27);1H. The fourth-order valence-electron chi connectivity index (χ4n) is 3.54. The number of thioether (sulfide) groups is 1. The molecule has 2 aromatic carbocycles. The predicted octanol–water partition coefficient (Wildman–Crippen LogP) is 4.08. The van der Waals surface area contributed by atoms with Crippen LogP contribution in [0.15, 0.2) is 64.5 Å². The van der Waals surface area contributed by atoms with Gasteiger partial charge in [0.05, 0.1) is 12.6 Å². The Balaban J connectivity index is 0.00000289. The van der Waals surface area contributed by atoms with E-state index in [1.54, 1.807) is 19.0 Å². The number of amides is 1. The highest BCUT2D eigenvalue weighted by Crippen LogP contribution is 2.51. The molecule has 8 heteroatoms. The van der Waals surface area contributed by atoms with Gasteiger partial charge in [0.2, 0.25) is 5.91 Å². The molecule has 2 aliphatic rings. The Bertz CT molecular complexity index is 935. The third-order valence-electron chi connectivity index (χ3n) is 5.60. The van der Waals surface area contributed by atoms with Crippen molar-refractivity contribution in [2.75, 3.05) is 33.8 Å². The molecule has 0 spiro atoms. The molecule has 6 nitrogen and oxygen atoms in total. The van der Waals surface area contributed by atoms with E-state index in [2.05, 4.69) is 46.0 Å². The Morgan fingerprint density at radius 1 is 1.16 bits per heavy atom. The van der Waals surface area contributed by atoms with Gasteiger partial charge in [-0.2, -0.15) is 0 Å². The number of rotatable bonds is 7. The van der Waals surface area contributed by atoms with E-state index in [-0.39, 0.29) is 47.2 Å². The van der Waals surface area contributed by atoms with Crippen molar-refractivity contribution >= 4 is 47.6 Å². The van der Waals surface area contributed by atoms with Crippen LogP contribution in [-0.2, 0) is 4.79 Å². The highest BCUT2D eigenvalue weighted by molar-refractivity contribution is 14.0. The summed E-state index contributed by atoms with van der Waals surface area (Å²) >= 11 is 1.92. The summed E-state index contributed by atoms with van der Waals surface area (Å²) in [5.74, 6) is 1.57. The van der Waals surface area contributed by atoms with E-state index < -0.39 is 0 Å². The summed E-state index contributed by atoms with van der Waals surface area (Å²) in [4.78, 5) is 19.6. The number of para-hydroxylation sites is 1. The van der Waals surface area contributed by atoms with E-state index in [0.29, 0.717) is 12.6 Å². The molecule has 0 aromatic heterocycles. The number of likely N-dealkylation sites (N-methyl/N-ethyl adjacent to an activating group) is 1. The number of guanidine groups is 1. The van der Waals surface area contributed by atoms with Crippen molar-refractivity contribution < 1.29 is 9.53 Å². The second-order valence-corrected chi connectivity index (χ2v) is 9.82. The number of halogens is 1. The molecule has 1 saturated carbocycles. The molecule has 0 bridgehead atoms. The second-order valence-electron chi connectivity index (χ2n) is 8.28. The van der Waals surface area contributed by atoms with Crippen LogP contribution in [0.4, 0.5) is 0 Å². The Kier molecular flexibility index (Phi) is 8.70. The molecule has 1 aliphatic heterocycles. The average molecular weight is 567 g/mol. The van der Waals surface area contributed by atoms with Crippen molar-refractivity contribution in [1.82, 2.24) is 15.5 Å². The smallest absolute Gasteiger partial charge is 0.243 e. The lowest BCUT2D eigenvalue weighted by molar-refractivity contribution is -0.127. The number of benzene rings is 2. The first-order chi connectivity index (χ1) is 15.0. The molecule has 1 fully saturated rings. The quantitative estimate of drug-likeness (QED) is 0.301. The normalized spacial score (nSPS) is 18.4. The van der Waals surface area contributed by atoms with E-state index >= 15 is 0 Å². The largest absolute Gasteiger partial charge is 0.493 e. The lowest BCUT2D eigenvalue weighted by Crippen LogP contribution is -2.44. The van der Waals surface area contributed by atoms with Gasteiger partial charge < -0.3 is 20.3 Å². The van der Waals surface area contributed by atoms with Gasteiger partial charge in [0.15, 0.2) is 5.96 Å². The molecule has 2 aromatic rings. The third-order valence-corrected chi connectivity index (χ3v) is 7.10. The van der Waals surface area contributed by atoms with Crippen LogP contribution in [0.3, 0.4) is 0 Å². The number of nitrogens with zero attached hydrogens (tertiary/aromatic N) is 2. The molecule has 1 amide bonds. The number of hydrogen-bond acceptors (Lipinski definition) is 4. The van der Waals surface area contributed by atoms with Crippen LogP contribution in [0.5, 0.6) is 5.75 Å². The molecule has 1 atom stereocenters. The first-order valence-corrected chi connectivity index (χ1v) is 11.6. The highest BCUT2D eigenvalue weighted by Gasteiger charge is 2.43. The van der Waals surface area contributed by atoms with Crippen LogP contribution in [0.1, 0.15) is 30.9 Å². The minimum absolute atomic E-state index is 0. The van der Waals surface area contributed by atoms with Gasteiger partial charge >= 0.3 is 0 Å². The highest BCUT2D eigenvalue weighted by atomic mass is 127. The van der Waals surface area contributed by atoms with E-state index in [0.717, 1.165) is 24.3 Å². The maximum atomic E-state index is 12.1. The van der Waals surface area contributed by atoms with Gasteiger partial charge in [-0.1, -0.05) is 36.4 Å². The number of nitrogens with one attached hydrogen (secondary N) is 2. The van der Waals surface area contributed by atoms with Crippen LogP contribution >= 0.6 is 35.7 Å². The molecular formula is C24H31IN4O2S. The van der Waals surface area contributed by atoms with Crippen LogP contribution in [0, 0.1) is 0 Å². The maximum absolute atomic E-state index is 12.1. The zero-order valence-corrected chi connectivity index (χ0v) is 21.7. The van der Waals surface area contributed by atoms with E-state index in [4.69, 9.17) is 4.74 Å². The Morgan fingerprint density at radius 2 is 1.88 bits per heavy atom. The average Bonchev–Trinajstić information content (AvgIpc) is 3.55. The lowest BCUT2D eigenvalue weighted by atomic mass is 10.0. The Morgan fingerprint density at radius 3 is 2.59 bits per heavy atom. The van der Waals surface area contributed by atoms with Crippen LogP contribution < -0.4 is 15.4 Å². The summed E-state index contributed by atoms with van der Waals surface area (Å²) in [5, 5.41) is 7.07. The summed E-state index contributed by atoms with van der Waals surface area (Å²) in [6, 6.07) is 18.7. The van der Waals surface area contributed by atoms with Gasteiger partial charge in [0.1, 0.15) is 12.3 Å². The molecule has 4 rings (SSSR count). The number of carbonyl (C=O) groups excluding carboxylic acids is 1. The van der Waals surface area contributed by atoms with Crippen LogP contribution in [0.2, 0.25) is 0 Å². The lowest BCUT2D eigenvalue weighted by Gasteiger charge is -2.28. The number of ether oxygens (including phenoxy) is 1. The van der Waals surface area contributed by atoms with Crippen LogP contribution in [-0.4, -0.2) is 55.3 Å². The zero-order chi connectivity index (χ0) is 21.7. The topological polar surface area (TPSA) is 66.0 Å². The number of carbonyl (C=O) groups is 1. The number of aliphatic imine (C=N–C) groups is 1. The molecule has 32 heavy (non-hydrogen) atoms. The molecule has 0 radical (unpaired) electrons. The molecule has 1 aliphatic carbocycles. The van der Waals surface area contributed by atoms with Crippen molar-refractivity contribution in [2.24, 2.45) is 4.99 Å². The predicted molar refractivity (Wildman–Crippen MR) is 141 cm³/mol. The van der Waals surface area contributed by atoms with E-state index in [9.17, 15) is 4.79 Å². The van der Waals surface area contributed by atoms with Crippen LogP contribution in [0.25, 0.3) is 0 Å². The molecule has 1 unspecified atom stereocenters. The number of hydrogen-bond donors (Lipinski definition) is 2. The first kappa shape index (κ1) is 24.7. The Labute approximate surface area is 211 Å². The fraction of sp³-hybridized carbons (Fsp3) is 0.417. The summed E-state index contributed by atoms with van der Waals surface area (Å²) in [7, 11) is 3.51. The van der Waals surface area contributed by atoms with Crippen molar-refractivity contribution in [2.45, 2.75) is 34.9 Å². The second kappa shape index (κ2) is 11.3. The van der Waals surface area contributed by atoms with Gasteiger partial charge in [-0.25, -0.2) is 4.99 Å². The third kappa shape index (κ3) is 6.54. The van der Waals surface area contributed by atoms with Gasteiger partial charge in [0.25, 0.3) is 0 Å². The SMILES string of the molecule is CN(C)C(=O)CN=C(NCC1(Sc2ccccc2)CC1)NC1CCOc2ccccc21.I. The van der Waals surface area contributed by atoms with Crippen molar-refractivity contribution in [3.63, 3.8) is 0 Å². The number of fused-ring (bicyclic) bond motifs is 1. The van der Waals surface area contributed by atoms with Gasteiger partial charge in [-0.3, -0.25) is 4.79 Å². The van der Waals surface area contributed by atoms with Crippen molar-refractivity contribution in [3.05, 3.63) is 60.2 Å². The minimum Gasteiger partial charge on any atom is -0.493 e. The molecule has 2 N–H and O–H groups in total. The monoisotopic (exact) mass is 566 g/mol. The molecule has 1 heterocycles. The summed E-state index contributed by atoms with van der Waals surface area (Å²) in [6.45, 7) is 1.58. The van der Waals surface area contributed by atoms with Crippen molar-refractivity contribution in [3.8, 4) is 5.75 Å². The zero-order valence-electron chi connectivity index (χ0n) is 18.5. The first-order valence-electron chi connectivity index (χ1n) is 10.8. The molecule has 0 saturated heterocycles. The maximum Gasteiger partial charge on any atom is 0.243 e. The van der Waals surface area contributed by atoms with Gasteiger partial charge in [0, 0.05) is 42.3 Å². The minimum atomic E-state index is -0.0201. The van der Waals surface area contributed by atoms with Crippen molar-refractivity contribution in [1.29, 1.82) is 0 Å². The molecular weight excluding hydrogens is 535 g/mol. The van der Waals surface area contributed by atoms with Gasteiger partial charge in [-0.05, 0) is 31.0 Å².